The van der Waals surface area contributed by atoms with Crippen LogP contribution in [0.25, 0.3) is 0 Å². The van der Waals surface area contributed by atoms with Crippen LogP contribution in [-0.4, -0.2) is 25.2 Å². The van der Waals surface area contributed by atoms with Crippen molar-refractivity contribution in [2.24, 2.45) is 7.05 Å². The van der Waals surface area contributed by atoms with E-state index >= 15 is 0 Å². The average molecular weight is 404 g/mol. The second-order valence-corrected chi connectivity index (χ2v) is 7.31. The van der Waals surface area contributed by atoms with Gasteiger partial charge in [-0.3, -0.25) is 9.48 Å². The Hall–Kier alpha value is -2.67. The van der Waals surface area contributed by atoms with Crippen LogP contribution in [0.3, 0.4) is 0 Å². The Balaban J connectivity index is 1.80. The fraction of sp³-hybridized carbons (Fsp3) is 0.350. The minimum absolute atomic E-state index is 0.159. The Morgan fingerprint density at radius 2 is 1.96 bits per heavy atom. The normalized spacial score (nSPS) is 13.4. The van der Waals surface area contributed by atoms with Gasteiger partial charge < -0.3 is 9.88 Å². The molecule has 2 atom stereocenters. The topological polar surface area (TPSA) is 64.7 Å². The molecule has 2 heterocycles. The molecule has 0 fully saturated rings. The van der Waals surface area contributed by atoms with Crippen molar-refractivity contribution in [3.63, 3.8) is 0 Å². The Morgan fingerprint density at radius 1 is 1.29 bits per heavy atom. The number of rotatable bonds is 6. The Bertz CT molecular complexity index is 979. The number of carbonyl (C=O) groups is 1. The fourth-order valence-electron chi connectivity index (χ4n) is 3.25. The standard InChI is InChI=1S/C20H23ClFN5O/c1-12(27-14(3)18(21)13(2)25-27)11-17(28)24-19(20-23-9-10-26(20)4)15-5-7-16(22)8-6-15/h5-10,12,19H,11H2,1-4H3,(H,24,28)/t12-,19+/m0/s1. The summed E-state index contributed by atoms with van der Waals surface area (Å²) in [7, 11) is 1.85. The Labute approximate surface area is 168 Å². The highest BCUT2D eigenvalue weighted by molar-refractivity contribution is 6.31. The monoisotopic (exact) mass is 403 g/mol. The maximum absolute atomic E-state index is 13.3. The molecule has 1 N–H and O–H groups in total. The van der Waals surface area contributed by atoms with E-state index < -0.39 is 6.04 Å². The number of benzene rings is 1. The lowest BCUT2D eigenvalue weighted by Gasteiger charge is -2.21. The van der Waals surface area contributed by atoms with Crippen LogP contribution < -0.4 is 5.32 Å². The van der Waals surface area contributed by atoms with Crippen molar-refractivity contribution in [1.29, 1.82) is 0 Å². The first-order valence-corrected chi connectivity index (χ1v) is 9.39. The van der Waals surface area contributed by atoms with Crippen molar-refractivity contribution in [3.8, 4) is 0 Å². The van der Waals surface area contributed by atoms with Crippen molar-refractivity contribution >= 4 is 17.5 Å². The summed E-state index contributed by atoms with van der Waals surface area (Å²) in [6, 6.07) is 5.40. The number of amides is 1. The molecule has 0 aliphatic heterocycles. The zero-order valence-corrected chi connectivity index (χ0v) is 17.0. The van der Waals surface area contributed by atoms with E-state index in [1.165, 1.54) is 12.1 Å². The maximum Gasteiger partial charge on any atom is 0.222 e. The molecule has 3 rings (SSSR count). The van der Waals surface area contributed by atoms with E-state index in [4.69, 9.17) is 11.6 Å². The van der Waals surface area contributed by atoms with Gasteiger partial charge in [0.2, 0.25) is 5.91 Å². The molecule has 6 nitrogen and oxygen atoms in total. The van der Waals surface area contributed by atoms with E-state index in [1.54, 1.807) is 29.2 Å². The molecule has 0 aliphatic rings. The summed E-state index contributed by atoms with van der Waals surface area (Å²) >= 11 is 6.22. The number of halogens is 2. The molecule has 0 saturated heterocycles. The number of aryl methyl sites for hydroxylation is 2. The predicted molar refractivity (Wildman–Crippen MR) is 106 cm³/mol. The molecule has 28 heavy (non-hydrogen) atoms. The third-order valence-electron chi connectivity index (χ3n) is 4.76. The van der Waals surface area contributed by atoms with E-state index in [0.717, 1.165) is 17.0 Å². The van der Waals surface area contributed by atoms with Crippen LogP contribution in [0, 0.1) is 19.7 Å². The quantitative estimate of drug-likeness (QED) is 0.679. The molecule has 148 valence electrons. The molecule has 3 aromatic rings. The summed E-state index contributed by atoms with van der Waals surface area (Å²) in [5.74, 6) is 0.180. The van der Waals surface area contributed by atoms with Crippen LogP contribution in [0.4, 0.5) is 4.39 Å². The van der Waals surface area contributed by atoms with Crippen molar-refractivity contribution in [2.75, 3.05) is 0 Å². The number of carbonyl (C=O) groups excluding carboxylic acids is 1. The van der Waals surface area contributed by atoms with Gasteiger partial charge in [0.15, 0.2) is 0 Å². The van der Waals surface area contributed by atoms with Crippen LogP contribution >= 0.6 is 11.6 Å². The molecular weight excluding hydrogens is 381 g/mol. The summed E-state index contributed by atoms with van der Waals surface area (Å²) in [5.41, 5.74) is 2.33. The van der Waals surface area contributed by atoms with Gasteiger partial charge in [-0.2, -0.15) is 5.10 Å². The molecule has 2 aromatic heterocycles. The molecule has 0 aliphatic carbocycles. The molecular formula is C20H23ClFN5O. The van der Waals surface area contributed by atoms with Gasteiger partial charge in [-0.05, 0) is 38.5 Å². The van der Waals surface area contributed by atoms with Crippen molar-refractivity contribution in [3.05, 3.63) is 70.3 Å². The summed E-state index contributed by atoms with van der Waals surface area (Å²) in [6.07, 6.45) is 3.69. The summed E-state index contributed by atoms with van der Waals surface area (Å²) in [5, 5.41) is 8.05. The number of hydrogen-bond acceptors (Lipinski definition) is 3. The van der Waals surface area contributed by atoms with Crippen LogP contribution in [-0.2, 0) is 11.8 Å². The number of imidazole rings is 1. The maximum atomic E-state index is 13.3. The van der Waals surface area contributed by atoms with Crippen molar-refractivity contribution < 1.29 is 9.18 Å². The first-order chi connectivity index (χ1) is 13.3. The third kappa shape index (κ3) is 4.09. The predicted octanol–water partition coefficient (Wildman–Crippen LogP) is 3.88. The fourth-order valence-corrected chi connectivity index (χ4v) is 3.38. The van der Waals surface area contributed by atoms with Gasteiger partial charge in [0.1, 0.15) is 17.7 Å². The first-order valence-electron chi connectivity index (χ1n) is 9.01. The number of aromatic nitrogens is 4. The van der Waals surface area contributed by atoms with Crippen LogP contribution in [0.2, 0.25) is 5.02 Å². The second kappa shape index (κ2) is 8.14. The van der Waals surface area contributed by atoms with E-state index in [-0.39, 0.29) is 24.2 Å². The highest BCUT2D eigenvalue weighted by Crippen LogP contribution is 2.25. The van der Waals surface area contributed by atoms with E-state index in [0.29, 0.717) is 10.8 Å². The molecule has 1 amide bonds. The van der Waals surface area contributed by atoms with Gasteiger partial charge in [-0.15, -0.1) is 0 Å². The lowest BCUT2D eigenvalue weighted by Crippen LogP contribution is -2.32. The minimum atomic E-state index is -0.482. The lowest BCUT2D eigenvalue weighted by atomic mass is 10.1. The minimum Gasteiger partial charge on any atom is -0.342 e. The van der Waals surface area contributed by atoms with Gasteiger partial charge in [-0.1, -0.05) is 23.7 Å². The molecule has 1 aromatic carbocycles. The molecule has 0 saturated carbocycles. The van der Waals surface area contributed by atoms with Gasteiger partial charge in [0, 0.05) is 25.9 Å². The van der Waals surface area contributed by atoms with Gasteiger partial charge >= 0.3 is 0 Å². The second-order valence-electron chi connectivity index (χ2n) is 6.93. The van der Waals surface area contributed by atoms with Crippen molar-refractivity contribution in [1.82, 2.24) is 24.6 Å². The summed E-state index contributed by atoms with van der Waals surface area (Å²) < 4.78 is 16.9. The van der Waals surface area contributed by atoms with Crippen LogP contribution in [0.5, 0.6) is 0 Å². The smallest absolute Gasteiger partial charge is 0.222 e. The molecule has 0 radical (unpaired) electrons. The molecule has 0 spiro atoms. The van der Waals surface area contributed by atoms with Gasteiger partial charge in [0.25, 0.3) is 0 Å². The SMILES string of the molecule is Cc1nn([C@@H](C)CC(=O)N[C@H](c2ccc(F)cc2)c2nccn2C)c(C)c1Cl. The Morgan fingerprint density at radius 3 is 2.50 bits per heavy atom. The molecule has 0 bridgehead atoms. The molecule has 0 unspecified atom stereocenters. The lowest BCUT2D eigenvalue weighted by molar-refractivity contribution is -0.122. The number of nitrogens with one attached hydrogen (secondary N) is 1. The average Bonchev–Trinajstić information content (AvgIpc) is 3.19. The van der Waals surface area contributed by atoms with Gasteiger partial charge in [-0.25, -0.2) is 9.37 Å². The van der Waals surface area contributed by atoms with E-state index in [2.05, 4.69) is 15.4 Å². The third-order valence-corrected chi connectivity index (χ3v) is 5.31. The highest BCUT2D eigenvalue weighted by Gasteiger charge is 2.23. The first kappa shape index (κ1) is 20.1. The van der Waals surface area contributed by atoms with Crippen LogP contribution in [0.1, 0.15) is 48.2 Å². The zero-order valence-electron chi connectivity index (χ0n) is 16.3. The zero-order chi connectivity index (χ0) is 20.4. The Kier molecular flexibility index (Phi) is 5.84. The number of hydrogen-bond donors (Lipinski definition) is 1. The van der Waals surface area contributed by atoms with E-state index in [1.807, 2.05) is 32.4 Å². The van der Waals surface area contributed by atoms with Gasteiger partial charge in [0.05, 0.1) is 22.5 Å². The number of nitrogens with zero attached hydrogens (tertiary/aromatic N) is 4. The summed E-state index contributed by atoms with van der Waals surface area (Å²) in [6.45, 7) is 5.64. The highest BCUT2D eigenvalue weighted by atomic mass is 35.5. The van der Waals surface area contributed by atoms with Crippen LogP contribution in [0.15, 0.2) is 36.7 Å². The largest absolute Gasteiger partial charge is 0.342 e. The molecule has 8 heteroatoms. The summed E-state index contributed by atoms with van der Waals surface area (Å²) in [4.78, 5) is 17.1. The van der Waals surface area contributed by atoms with E-state index in [9.17, 15) is 9.18 Å². The van der Waals surface area contributed by atoms with Crippen molar-refractivity contribution in [2.45, 2.75) is 39.3 Å².